The summed E-state index contributed by atoms with van der Waals surface area (Å²) in [6.07, 6.45) is 4.00. The van der Waals surface area contributed by atoms with Crippen molar-refractivity contribution in [1.29, 1.82) is 0 Å². The van der Waals surface area contributed by atoms with Crippen LogP contribution < -0.4 is 14.7 Å². The topological polar surface area (TPSA) is 9.72 Å². The summed E-state index contributed by atoms with van der Waals surface area (Å²) in [4.78, 5) is 7.26. The summed E-state index contributed by atoms with van der Waals surface area (Å²) in [5.74, 6) is 0. The van der Waals surface area contributed by atoms with Gasteiger partial charge < -0.3 is 14.7 Å². The molecule has 0 N–H and O–H groups in total. The fourth-order valence-electron chi connectivity index (χ4n) is 8.43. The van der Waals surface area contributed by atoms with Crippen LogP contribution in [0.3, 0.4) is 0 Å². The Balaban J connectivity index is 0.933. The highest BCUT2D eigenvalue weighted by molar-refractivity contribution is 5.78. The summed E-state index contributed by atoms with van der Waals surface area (Å²) < 4.78 is 0. The maximum atomic E-state index is 2.44. The highest BCUT2D eigenvalue weighted by Gasteiger charge is 2.14. The van der Waals surface area contributed by atoms with E-state index in [1.54, 1.807) is 0 Å². The molecular formula is C60H61N3. The fourth-order valence-corrected chi connectivity index (χ4v) is 8.43. The third-order valence-electron chi connectivity index (χ3n) is 12.4. The Morgan fingerprint density at radius 3 is 0.905 bits per heavy atom. The molecule has 0 aliphatic heterocycles. The van der Waals surface area contributed by atoms with Crippen molar-refractivity contribution in [1.82, 2.24) is 0 Å². The molecule has 0 unspecified atom stereocenters. The number of benzene rings is 8. The van der Waals surface area contributed by atoms with Crippen LogP contribution in [0.5, 0.6) is 0 Å². The van der Waals surface area contributed by atoms with Crippen molar-refractivity contribution < 1.29 is 0 Å². The van der Waals surface area contributed by atoms with Gasteiger partial charge in [0.2, 0.25) is 0 Å². The van der Waals surface area contributed by atoms with Gasteiger partial charge in [0.25, 0.3) is 0 Å². The zero-order valence-corrected chi connectivity index (χ0v) is 37.6. The summed E-state index contributed by atoms with van der Waals surface area (Å²) in [5, 5.41) is 0. The molecule has 0 aliphatic rings. The molecule has 0 bridgehead atoms. The number of rotatable bonds is 18. The maximum Gasteiger partial charge on any atom is 0.0462 e. The molecule has 0 aromatic heterocycles. The maximum absolute atomic E-state index is 2.44. The first-order valence-electron chi connectivity index (χ1n) is 22.8. The third kappa shape index (κ3) is 11.4. The lowest BCUT2D eigenvalue weighted by molar-refractivity contribution is 0.830. The van der Waals surface area contributed by atoms with E-state index in [-0.39, 0.29) is 0 Å². The van der Waals surface area contributed by atoms with Crippen molar-refractivity contribution in [2.45, 2.75) is 66.5 Å². The van der Waals surface area contributed by atoms with Crippen LogP contribution in [0.1, 0.15) is 58.4 Å². The molecule has 316 valence electrons. The van der Waals surface area contributed by atoms with Crippen LogP contribution in [0.2, 0.25) is 0 Å². The summed E-state index contributed by atoms with van der Waals surface area (Å²) in [6, 6.07) is 74.1. The van der Waals surface area contributed by atoms with Crippen molar-refractivity contribution in [2.75, 3.05) is 27.8 Å². The van der Waals surface area contributed by atoms with E-state index in [1.165, 1.54) is 67.0 Å². The van der Waals surface area contributed by atoms with Gasteiger partial charge in [0.15, 0.2) is 0 Å². The Morgan fingerprint density at radius 1 is 0.286 bits per heavy atom. The second kappa shape index (κ2) is 20.8. The van der Waals surface area contributed by atoms with Crippen molar-refractivity contribution in [3.63, 3.8) is 0 Å². The standard InChI is InChI=1S/C60H61N3/c1-5-61(44-52-16-12-46(3)13-17-52)56-34-24-48(25-35-56)20-22-50-28-38-58(39-29-50)63(60-42-32-55(33-43-60)54-10-8-7-9-11-54)59-40-30-51(31-41-59)23-21-49-26-36-57(37-27-49)62(6-2)45-53-18-14-47(4)15-19-53/h7-19,24-43H,5-6,20-23,44-45H2,1-4H3. The van der Waals surface area contributed by atoms with Crippen molar-refractivity contribution >= 4 is 28.4 Å². The number of nitrogens with zero attached hydrogens (tertiary/aromatic N) is 3. The smallest absolute Gasteiger partial charge is 0.0462 e. The molecule has 0 spiro atoms. The molecule has 8 aromatic rings. The fraction of sp³-hybridized carbons (Fsp3) is 0.200. The van der Waals surface area contributed by atoms with Gasteiger partial charge in [-0.25, -0.2) is 0 Å². The third-order valence-corrected chi connectivity index (χ3v) is 12.4. The van der Waals surface area contributed by atoms with Gasteiger partial charge >= 0.3 is 0 Å². The minimum atomic E-state index is 0.921. The minimum Gasteiger partial charge on any atom is -0.367 e. The van der Waals surface area contributed by atoms with Gasteiger partial charge in [-0.3, -0.25) is 0 Å². The highest BCUT2D eigenvalue weighted by atomic mass is 15.1. The second-order valence-electron chi connectivity index (χ2n) is 16.9. The first-order chi connectivity index (χ1) is 30.9. The van der Waals surface area contributed by atoms with E-state index in [0.29, 0.717) is 0 Å². The van der Waals surface area contributed by atoms with Crippen LogP contribution >= 0.6 is 0 Å². The van der Waals surface area contributed by atoms with Gasteiger partial charge in [0.1, 0.15) is 0 Å². The number of aryl methyl sites for hydroxylation is 6. The summed E-state index contributed by atoms with van der Waals surface area (Å²) in [7, 11) is 0. The van der Waals surface area contributed by atoms with Crippen molar-refractivity contribution in [2.24, 2.45) is 0 Å². The van der Waals surface area contributed by atoms with Gasteiger partial charge in [-0.05, 0) is 159 Å². The zero-order chi connectivity index (χ0) is 43.4. The van der Waals surface area contributed by atoms with E-state index in [2.05, 4.69) is 243 Å². The Bertz CT molecular complexity index is 2450. The van der Waals surface area contributed by atoms with Gasteiger partial charge in [0.05, 0.1) is 0 Å². The van der Waals surface area contributed by atoms with Crippen LogP contribution in [0.4, 0.5) is 28.4 Å². The lowest BCUT2D eigenvalue weighted by atomic mass is 10.0. The van der Waals surface area contributed by atoms with E-state index in [0.717, 1.165) is 68.9 Å². The summed E-state index contributed by atoms with van der Waals surface area (Å²) in [5.41, 5.74) is 19.1. The molecule has 0 fully saturated rings. The van der Waals surface area contributed by atoms with Gasteiger partial charge in [0, 0.05) is 54.6 Å². The number of anilines is 5. The molecule has 8 aromatic carbocycles. The Labute approximate surface area is 376 Å². The van der Waals surface area contributed by atoms with E-state index in [4.69, 9.17) is 0 Å². The molecule has 63 heavy (non-hydrogen) atoms. The highest BCUT2D eigenvalue weighted by Crippen LogP contribution is 2.36. The lowest BCUT2D eigenvalue weighted by Gasteiger charge is -2.26. The molecule has 0 heterocycles. The van der Waals surface area contributed by atoms with Gasteiger partial charge in [-0.2, -0.15) is 0 Å². The largest absolute Gasteiger partial charge is 0.367 e. The first-order valence-corrected chi connectivity index (χ1v) is 22.8. The van der Waals surface area contributed by atoms with E-state index in [1.807, 2.05) is 0 Å². The minimum absolute atomic E-state index is 0.921. The predicted molar refractivity (Wildman–Crippen MR) is 270 cm³/mol. The van der Waals surface area contributed by atoms with E-state index in [9.17, 15) is 0 Å². The van der Waals surface area contributed by atoms with E-state index < -0.39 is 0 Å². The van der Waals surface area contributed by atoms with Gasteiger partial charge in [-0.1, -0.05) is 151 Å². The zero-order valence-electron chi connectivity index (χ0n) is 37.6. The Kier molecular flexibility index (Phi) is 14.2. The summed E-state index contributed by atoms with van der Waals surface area (Å²) >= 11 is 0. The monoisotopic (exact) mass is 823 g/mol. The first kappa shape index (κ1) is 42.8. The SMILES string of the molecule is CCN(Cc1ccc(C)cc1)c1ccc(CCc2ccc(N(c3ccc(CCc4ccc(N(CC)Cc5ccc(C)cc5)cc4)cc3)c3ccc(-c4ccccc4)cc3)cc2)cc1. The molecular weight excluding hydrogens is 763 g/mol. The average molecular weight is 824 g/mol. The van der Waals surface area contributed by atoms with Crippen LogP contribution in [0.15, 0.2) is 200 Å². The summed E-state index contributed by atoms with van der Waals surface area (Å²) in [6.45, 7) is 12.5. The van der Waals surface area contributed by atoms with Gasteiger partial charge in [-0.15, -0.1) is 0 Å². The lowest BCUT2D eigenvalue weighted by Crippen LogP contribution is -2.21. The molecule has 0 amide bonds. The molecule has 0 atom stereocenters. The number of hydrogen-bond donors (Lipinski definition) is 0. The normalized spacial score (nSPS) is 11.0. The molecule has 0 saturated heterocycles. The molecule has 0 aliphatic carbocycles. The Hall–Kier alpha value is -6.84. The quantitative estimate of drug-likeness (QED) is 0.0853. The van der Waals surface area contributed by atoms with Crippen molar-refractivity contribution in [3.05, 3.63) is 245 Å². The average Bonchev–Trinajstić information content (AvgIpc) is 3.34. The molecule has 8 rings (SSSR count). The molecule has 3 nitrogen and oxygen atoms in total. The number of hydrogen-bond acceptors (Lipinski definition) is 3. The molecule has 0 radical (unpaired) electrons. The second-order valence-corrected chi connectivity index (χ2v) is 16.9. The van der Waals surface area contributed by atoms with Crippen LogP contribution in [0, 0.1) is 13.8 Å². The predicted octanol–water partition coefficient (Wildman–Crippen LogP) is 15.1. The molecule has 0 saturated carbocycles. The Morgan fingerprint density at radius 2 is 0.571 bits per heavy atom. The van der Waals surface area contributed by atoms with Crippen molar-refractivity contribution in [3.8, 4) is 11.1 Å². The molecule has 3 heteroatoms. The van der Waals surface area contributed by atoms with Crippen LogP contribution in [-0.4, -0.2) is 13.1 Å². The van der Waals surface area contributed by atoms with Crippen LogP contribution in [-0.2, 0) is 38.8 Å². The van der Waals surface area contributed by atoms with E-state index >= 15 is 0 Å². The van der Waals surface area contributed by atoms with Crippen LogP contribution in [0.25, 0.3) is 11.1 Å².